The molecule has 1 aliphatic heterocycles. The van der Waals surface area contributed by atoms with Crippen LogP contribution in [-0.4, -0.2) is 17.4 Å². The summed E-state index contributed by atoms with van der Waals surface area (Å²) in [5, 5.41) is 0. The van der Waals surface area contributed by atoms with E-state index < -0.39 is 0 Å². The van der Waals surface area contributed by atoms with Crippen LogP contribution in [0.5, 0.6) is 0 Å². The molecule has 3 heteroatoms. The molecule has 2 aromatic rings. The van der Waals surface area contributed by atoms with E-state index in [9.17, 15) is 4.79 Å². The number of hydrogen-bond acceptors (Lipinski definition) is 2. The highest BCUT2D eigenvalue weighted by molar-refractivity contribution is 5.91. The summed E-state index contributed by atoms with van der Waals surface area (Å²) in [5.41, 5.74) is 2.58. The number of rotatable bonds is 1. The topological polar surface area (TPSA) is 33.5 Å². The number of benzene rings is 1. The van der Waals surface area contributed by atoms with Crippen molar-refractivity contribution < 1.29 is 9.21 Å². The minimum absolute atomic E-state index is 0.0236. The molecular weight excluding hydrogens is 214 g/mol. The third-order valence-electron chi connectivity index (χ3n) is 3.15. The number of carbonyl (C=O) groups is 1. The highest BCUT2D eigenvalue weighted by Crippen LogP contribution is 2.20. The first-order valence-electron chi connectivity index (χ1n) is 5.74. The van der Waals surface area contributed by atoms with E-state index in [0.29, 0.717) is 12.3 Å². The summed E-state index contributed by atoms with van der Waals surface area (Å²) in [4.78, 5) is 13.9. The fourth-order valence-electron chi connectivity index (χ4n) is 2.23. The molecule has 1 aromatic heterocycles. The zero-order valence-corrected chi connectivity index (χ0v) is 9.43. The Morgan fingerprint density at radius 1 is 1.12 bits per heavy atom. The van der Waals surface area contributed by atoms with E-state index in [1.165, 1.54) is 17.4 Å². The zero-order valence-electron chi connectivity index (χ0n) is 9.43. The number of nitrogens with zero attached hydrogens (tertiary/aromatic N) is 1. The normalized spacial score (nSPS) is 14.5. The van der Waals surface area contributed by atoms with Gasteiger partial charge in [-0.2, -0.15) is 0 Å². The van der Waals surface area contributed by atoms with Crippen LogP contribution in [0.3, 0.4) is 0 Å². The molecule has 0 aliphatic carbocycles. The van der Waals surface area contributed by atoms with E-state index in [-0.39, 0.29) is 5.91 Å². The van der Waals surface area contributed by atoms with Gasteiger partial charge in [-0.05, 0) is 29.7 Å². The van der Waals surface area contributed by atoms with Gasteiger partial charge in [0, 0.05) is 13.1 Å². The molecule has 0 unspecified atom stereocenters. The first-order chi connectivity index (χ1) is 8.34. The smallest absolute Gasteiger partial charge is 0.289 e. The number of furan rings is 1. The highest BCUT2D eigenvalue weighted by Gasteiger charge is 2.22. The quantitative estimate of drug-likeness (QED) is 0.750. The molecule has 1 amide bonds. The van der Waals surface area contributed by atoms with Gasteiger partial charge in [0.1, 0.15) is 0 Å². The van der Waals surface area contributed by atoms with Gasteiger partial charge >= 0.3 is 0 Å². The van der Waals surface area contributed by atoms with Crippen molar-refractivity contribution in [2.45, 2.75) is 13.0 Å². The monoisotopic (exact) mass is 227 g/mol. The van der Waals surface area contributed by atoms with Crippen LogP contribution in [-0.2, 0) is 13.0 Å². The van der Waals surface area contributed by atoms with Crippen molar-refractivity contribution >= 4 is 5.91 Å². The molecule has 0 spiro atoms. The van der Waals surface area contributed by atoms with Gasteiger partial charge in [-0.15, -0.1) is 0 Å². The number of hydrogen-bond donors (Lipinski definition) is 0. The minimum atomic E-state index is -0.0236. The van der Waals surface area contributed by atoms with Gasteiger partial charge < -0.3 is 9.32 Å². The minimum Gasteiger partial charge on any atom is -0.459 e. The van der Waals surface area contributed by atoms with Crippen molar-refractivity contribution in [2.24, 2.45) is 0 Å². The Morgan fingerprint density at radius 3 is 2.71 bits per heavy atom. The molecule has 0 saturated carbocycles. The molecule has 0 atom stereocenters. The molecule has 3 nitrogen and oxygen atoms in total. The second-order valence-corrected chi connectivity index (χ2v) is 4.22. The van der Waals surface area contributed by atoms with Crippen molar-refractivity contribution in [1.82, 2.24) is 4.90 Å². The summed E-state index contributed by atoms with van der Waals surface area (Å²) in [6.45, 7) is 1.44. The summed E-state index contributed by atoms with van der Waals surface area (Å²) in [6.07, 6.45) is 2.45. The maximum atomic E-state index is 12.1. The third kappa shape index (κ3) is 1.84. The largest absolute Gasteiger partial charge is 0.459 e. The third-order valence-corrected chi connectivity index (χ3v) is 3.15. The van der Waals surface area contributed by atoms with Gasteiger partial charge in [0.2, 0.25) is 0 Å². The Kier molecular flexibility index (Phi) is 2.44. The van der Waals surface area contributed by atoms with Gasteiger partial charge in [0.15, 0.2) is 5.76 Å². The lowest BCUT2D eigenvalue weighted by Crippen LogP contribution is -2.35. The van der Waals surface area contributed by atoms with Crippen LogP contribution < -0.4 is 0 Å². The van der Waals surface area contributed by atoms with Crippen LogP contribution in [0.2, 0.25) is 0 Å². The van der Waals surface area contributed by atoms with Crippen LogP contribution in [0.1, 0.15) is 21.7 Å². The lowest BCUT2D eigenvalue weighted by molar-refractivity contribution is 0.0702. The molecule has 86 valence electrons. The second-order valence-electron chi connectivity index (χ2n) is 4.22. The van der Waals surface area contributed by atoms with Gasteiger partial charge in [-0.1, -0.05) is 24.3 Å². The Bertz CT molecular complexity index is 531. The van der Waals surface area contributed by atoms with Crippen LogP contribution >= 0.6 is 0 Å². The molecule has 0 N–H and O–H groups in total. The molecule has 0 fully saturated rings. The van der Waals surface area contributed by atoms with E-state index in [4.69, 9.17) is 4.42 Å². The molecule has 2 heterocycles. The summed E-state index contributed by atoms with van der Waals surface area (Å²) >= 11 is 0. The van der Waals surface area contributed by atoms with Crippen molar-refractivity contribution in [3.63, 3.8) is 0 Å². The van der Waals surface area contributed by atoms with E-state index >= 15 is 0 Å². The fourth-order valence-corrected chi connectivity index (χ4v) is 2.23. The summed E-state index contributed by atoms with van der Waals surface area (Å²) in [7, 11) is 0. The molecule has 0 saturated heterocycles. The maximum absolute atomic E-state index is 12.1. The summed E-state index contributed by atoms with van der Waals surface area (Å²) in [6, 6.07) is 11.7. The molecule has 0 bridgehead atoms. The number of amides is 1. The van der Waals surface area contributed by atoms with Crippen LogP contribution in [0, 0.1) is 0 Å². The standard InChI is InChI=1S/C14H13NO2/c16-14(13-6-3-9-17-13)15-8-7-11-4-1-2-5-12(11)10-15/h1-6,9H,7-8,10H2. The van der Waals surface area contributed by atoms with Crippen molar-refractivity contribution in [1.29, 1.82) is 0 Å². The summed E-state index contributed by atoms with van der Waals surface area (Å²) in [5.74, 6) is 0.397. The molecule has 3 rings (SSSR count). The summed E-state index contributed by atoms with van der Waals surface area (Å²) < 4.78 is 5.15. The molecule has 0 radical (unpaired) electrons. The first-order valence-corrected chi connectivity index (χ1v) is 5.74. The maximum Gasteiger partial charge on any atom is 0.289 e. The number of carbonyl (C=O) groups excluding carboxylic acids is 1. The van der Waals surface area contributed by atoms with Crippen molar-refractivity contribution in [3.8, 4) is 0 Å². The Balaban J connectivity index is 1.83. The van der Waals surface area contributed by atoms with Gasteiger partial charge in [0.25, 0.3) is 5.91 Å². The lowest BCUT2D eigenvalue weighted by atomic mass is 10.00. The Morgan fingerprint density at radius 2 is 1.94 bits per heavy atom. The average molecular weight is 227 g/mol. The molecular formula is C14H13NO2. The highest BCUT2D eigenvalue weighted by atomic mass is 16.3. The van der Waals surface area contributed by atoms with Gasteiger partial charge in [-0.25, -0.2) is 0 Å². The molecule has 1 aliphatic rings. The zero-order chi connectivity index (χ0) is 11.7. The Hall–Kier alpha value is -2.03. The van der Waals surface area contributed by atoms with Crippen molar-refractivity contribution in [3.05, 3.63) is 59.5 Å². The number of fused-ring (bicyclic) bond motifs is 1. The van der Waals surface area contributed by atoms with E-state index in [0.717, 1.165) is 13.0 Å². The average Bonchev–Trinajstić information content (AvgIpc) is 2.91. The predicted octanol–water partition coefficient (Wildman–Crippen LogP) is 2.48. The van der Waals surface area contributed by atoms with E-state index in [1.54, 1.807) is 12.1 Å². The molecule has 17 heavy (non-hydrogen) atoms. The van der Waals surface area contributed by atoms with E-state index in [1.807, 2.05) is 17.0 Å². The second kappa shape index (κ2) is 4.09. The Labute approximate surface area is 99.7 Å². The van der Waals surface area contributed by atoms with Crippen LogP contribution in [0.4, 0.5) is 0 Å². The van der Waals surface area contributed by atoms with Crippen molar-refractivity contribution in [2.75, 3.05) is 6.54 Å². The lowest BCUT2D eigenvalue weighted by Gasteiger charge is -2.28. The SMILES string of the molecule is O=C(c1ccco1)N1CCc2ccccc2C1. The first kappa shape index (κ1) is 10.1. The fraction of sp³-hybridized carbons (Fsp3) is 0.214. The van der Waals surface area contributed by atoms with E-state index in [2.05, 4.69) is 12.1 Å². The predicted molar refractivity (Wildman–Crippen MR) is 63.6 cm³/mol. The van der Waals surface area contributed by atoms with Crippen LogP contribution in [0.25, 0.3) is 0 Å². The molecule has 1 aromatic carbocycles. The van der Waals surface area contributed by atoms with Gasteiger partial charge in [0.05, 0.1) is 6.26 Å². The van der Waals surface area contributed by atoms with Crippen LogP contribution in [0.15, 0.2) is 47.1 Å². The van der Waals surface area contributed by atoms with Gasteiger partial charge in [-0.3, -0.25) is 4.79 Å².